The largest absolute Gasteiger partial charge is 0.508 e. The maximum absolute atomic E-state index is 9.20. The maximum Gasteiger partial charge on any atom is 0.115 e. The first-order chi connectivity index (χ1) is 5.77. The summed E-state index contributed by atoms with van der Waals surface area (Å²) >= 11 is 0. The third-order valence-corrected chi connectivity index (χ3v) is 1.90. The number of aromatic hydroxyl groups is 1. The predicted octanol–water partition coefficient (Wildman–Crippen LogP) is 2.49. The first kappa shape index (κ1) is 9.07. The molecule has 0 radical (unpaired) electrons. The maximum atomic E-state index is 9.20. The van der Waals surface area contributed by atoms with E-state index in [-0.39, 0.29) is 6.10 Å². The Balaban J connectivity index is 2.85. The molecular formula is C10H14O2. The highest BCUT2D eigenvalue weighted by Gasteiger charge is 2.06. The molecule has 1 unspecified atom stereocenters. The number of phenolic OH excluding ortho intramolecular Hbond substituents is 1. The van der Waals surface area contributed by atoms with Gasteiger partial charge in [-0.05, 0) is 24.1 Å². The highest BCUT2D eigenvalue weighted by atomic mass is 16.5. The van der Waals surface area contributed by atoms with Gasteiger partial charge in [0.2, 0.25) is 0 Å². The van der Waals surface area contributed by atoms with Crippen molar-refractivity contribution in [3.63, 3.8) is 0 Å². The molecule has 0 fully saturated rings. The standard InChI is InChI=1S/C10H14O2/c1-3-10(12-2)8-5-4-6-9(11)7-8/h4-7,10-11H,3H2,1-2H3. The molecule has 0 aromatic heterocycles. The summed E-state index contributed by atoms with van der Waals surface area (Å²) < 4.78 is 5.23. The monoisotopic (exact) mass is 166 g/mol. The molecule has 0 heterocycles. The van der Waals surface area contributed by atoms with Crippen LogP contribution in [0.4, 0.5) is 0 Å². The average Bonchev–Trinajstić information content (AvgIpc) is 2.07. The Morgan fingerprint density at radius 2 is 2.25 bits per heavy atom. The van der Waals surface area contributed by atoms with Crippen LogP contribution >= 0.6 is 0 Å². The molecule has 1 aromatic carbocycles. The summed E-state index contributed by atoms with van der Waals surface area (Å²) in [5.74, 6) is 0.294. The lowest BCUT2D eigenvalue weighted by molar-refractivity contribution is 0.0998. The van der Waals surface area contributed by atoms with Crippen molar-refractivity contribution in [2.45, 2.75) is 19.4 Å². The lowest BCUT2D eigenvalue weighted by atomic mass is 10.1. The van der Waals surface area contributed by atoms with Gasteiger partial charge in [-0.15, -0.1) is 0 Å². The molecule has 0 spiro atoms. The third-order valence-electron chi connectivity index (χ3n) is 1.90. The summed E-state index contributed by atoms with van der Waals surface area (Å²) in [5.41, 5.74) is 1.03. The SMILES string of the molecule is CCC(OC)c1cccc(O)c1. The number of hydrogen-bond donors (Lipinski definition) is 1. The van der Waals surface area contributed by atoms with E-state index in [1.54, 1.807) is 19.2 Å². The summed E-state index contributed by atoms with van der Waals surface area (Å²) in [6.07, 6.45) is 1.01. The molecule has 0 aliphatic carbocycles. The first-order valence-electron chi connectivity index (χ1n) is 4.09. The fraction of sp³-hybridized carbons (Fsp3) is 0.400. The molecule has 2 heteroatoms. The molecular weight excluding hydrogens is 152 g/mol. The van der Waals surface area contributed by atoms with Crippen molar-refractivity contribution in [3.8, 4) is 5.75 Å². The molecule has 0 bridgehead atoms. The van der Waals surface area contributed by atoms with E-state index < -0.39 is 0 Å². The van der Waals surface area contributed by atoms with Crippen molar-refractivity contribution in [2.24, 2.45) is 0 Å². The zero-order valence-corrected chi connectivity index (χ0v) is 7.45. The lowest BCUT2D eigenvalue weighted by Crippen LogP contribution is -1.98. The van der Waals surface area contributed by atoms with Gasteiger partial charge in [-0.1, -0.05) is 19.1 Å². The second-order valence-electron chi connectivity index (χ2n) is 2.73. The van der Waals surface area contributed by atoms with Crippen LogP contribution in [0.5, 0.6) is 5.75 Å². The highest BCUT2D eigenvalue weighted by Crippen LogP contribution is 2.22. The minimum Gasteiger partial charge on any atom is -0.508 e. The number of ether oxygens (including phenoxy) is 1. The molecule has 1 N–H and O–H groups in total. The minimum atomic E-state index is 0.0945. The molecule has 1 atom stereocenters. The topological polar surface area (TPSA) is 29.5 Å². The van der Waals surface area contributed by atoms with Crippen molar-refractivity contribution in [2.75, 3.05) is 7.11 Å². The molecule has 66 valence electrons. The highest BCUT2D eigenvalue weighted by molar-refractivity contribution is 5.28. The van der Waals surface area contributed by atoms with Crippen LogP contribution in [0.2, 0.25) is 0 Å². The van der Waals surface area contributed by atoms with Crippen LogP contribution < -0.4 is 0 Å². The zero-order valence-electron chi connectivity index (χ0n) is 7.45. The van der Waals surface area contributed by atoms with Crippen molar-refractivity contribution in [3.05, 3.63) is 29.8 Å². The van der Waals surface area contributed by atoms with Gasteiger partial charge in [0.1, 0.15) is 5.75 Å². The number of phenols is 1. The van der Waals surface area contributed by atoms with Gasteiger partial charge in [0.15, 0.2) is 0 Å². The van der Waals surface area contributed by atoms with Crippen molar-refractivity contribution >= 4 is 0 Å². The fourth-order valence-corrected chi connectivity index (χ4v) is 1.26. The molecule has 0 aliphatic heterocycles. The molecule has 1 aromatic rings. The van der Waals surface area contributed by atoms with E-state index in [1.807, 2.05) is 12.1 Å². The van der Waals surface area contributed by atoms with Gasteiger partial charge < -0.3 is 9.84 Å². The fourth-order valence-electron chi connectivity index (χ4n) is 1.26. The van der Waals surface area contributed by atoms with Crippen LogP contribution in [0.25, 0.3) is 0 Å². The summed E-state index contributed by atoms with van der Waals surface area (Å²) in [6, 6.07) is 7.17. The Labute approximate surface area is 72.8 Å². The quantitative estimate of drug-likeness (QED) is 0.747. The average molecular weight is 166 g/mol. The summed E-state index contributed by atoms with van der Waals surface area (Å²) in [7, 11) is 1.68. The van der Waals surface area contributed by atoms with Gasteiger partial charge in [0, 0.05) is 7.11 Å². The van der Waals surface area contributed by atoms with Gasteiger partial charge in [-0.3, -0.25) is 0 Å². The molecule has 0 saturated carbocycles. The van der Waals surface area contributed by atoms with Crippen LogP contribution in [0.1, 0.15) is 25.0 Å². The Morgan fingerprint density at radius 1 is 1.50 bits per heavy atom. The molecule has 0 amide bonds. The van der Waals surface area contributed by atoms with Crippen LogP contribution in [-0.2, 0) is 4.74 Å². The smallest absolute Gasteiger partial charge is 0.115 e. The van der Waals surface area contributed by atoms with E-state index in [9.17, 15) is 5.11 Å². The number of methoxy groups -OCH3 is 1. The second-order valence-corrected chi connectivity index (χ2v) is 2.73. The number of benzene rings is 1. The van der Waals surface area contributed by atoms with Gasteiger partial charge in [0.25, 0.3) is 0 Å². The van der Waals surface area contributed by atoms with Crippen LogP contribution in [0, 0.1) is 0 Å². The summed E-state index contributed by atoms with van der Waals surface area (Å²) in [5, 5.41) is 9.20. The Morgan fingerprint density at radius 3 is 2.75 bits per heavy atom. The van der Waals surface area contributed by atoms with Gasteiger partial charge >= 0.3 is 0 Å². The van der Waals surface area contributed by atoms with Crippen molar-refractivity contribution in [1.82, 2.24) is 0 Å². The van der Waals surface area contributed by atoms with Crippen LogP contribution in [0.15, 0.2) is 24.3 Å². The van der Waals surface area contributed by atoms with Crippen LogP contribution in [-0.4, -0.2) is 12.2 Å². The molecule has 12 heavy (non-hydrogen) atoms. The van der Waals surface area contributed by atoms with Gasteiger partial charge in [-0.2, -0.15) is 0 Å². The van der Waals surface area contributed by atoms with E-state index >= 15 is 0 Å². The van der Waals surface area contributed by atoms with E-state index in [2.05, 4.69) is 6.92 Å². The third kappa shape index (κ3) is 1.98. The lowest BCUT2D eigenvalue weighted by Gasteiger charge is -2.12. The Kier molecular flexibility index (Phi) is 3.11. The second kappa shape index (κ2) is 4.12. The van der Waals surface area contributed by atoms with Crippen molar-refractivity contribution < 1.29 is 9.84 Å². The Bertz CT molecular complexity index is 241. The van der Waals surface area contributed by atoms with E-state index in [1.165, 1.54) is 0 Å². The van der Waals surface area contributed by atoms with Crippen LogP contribution in [0.3, 0.4) is 0 Å². The van der Waals surface area contributed by atoms with Gasteiger partial charge in [0.05, 0.1) is 6.10 Å². The first-order valence-corrected chi connectivity index (χ1v) is 4.09. The molecule has 1 rings (SSSR count). The minimum absolute atomic E-state index is 0.0945. The normalized spacial score (nSPS) is 12.8. The molecule has 0 saturated heterocycles. The predicted molar refractivity (Wildman–Crippen MR) is 48.1 cm³/mol. The molecule has 2 nitrogen and oxygen atoms in total. The number of rotatable bonds is 3. The Hall–Kier alpha value is -1.02. The van der Waals surface area contributed by atoms with E-state index in [4.69, 9.17) is 4.74 Å². The summed E-state index contributed by atoms with van der Waals surface area (Å²) in [4.78, 5) is 0. The van der Waals surface area contributed by atoms with Gasteiger partial charge in [-0.25, -0.2) is 0 Å². The number of hydrogen-bond acceptors (Lipinski definition) is 2. The van der Waals surface area contributed by atoms with Crippen molar-refractivity contribution in [1.29, 1.82) is 0 Å². The zero-order chi connectivity index (χ0) is 8.97. The van der Waals surface area contributed by atoms with E-state index in [0.29, 0.717) is 5.75 Å². The molecule has 0 aliphatic rings. The van der Waals surface area contributed by atoms with E-state index in [0.717, 1.165) is 12.0 Å². The summed E-state index contributed by atoms with van der Waals surface area (Å²) in [6.45, 7) is 2.05.